The number of hydrogen-bond acceptors (Lipinski definition) is 3. The molecular weight excluding hydrogens is 360 g/mol. The van der Waals surface area contributed by atoms with E-state index in [4.69, 9.17) is 0 Å². The van der Waals surface area contributed by atoms with Gasteiger partial charge in [0.05, 0.1) is 18.0 Å². The molecule has 2 aromatic carbocycles. The summed E-state index contributed by atoms with van der Waals surface area (Å²) < 4.78 is 25.8. The molecule has 2 rings (SSSR count). The number of sulfonamides is 1. The van der Waals surface area contributed by atoms with E-state index in [2.05, 4.69) is 11.4 Å². The first-order valence-corrected chi connectivity index (χ1v) is 10.9. The molecule has 0 spiro atoms. The summed E-state index contributed by atoms with van der Waals surface area (Å²) in [6.45, 7) is 7.69. The minimum Gasteiger partial charge on any atom is -0.347 e. The Labute approximate surface area is 162 Å². The maximum absolute atomic E-state index is 12.9. The van der Waals surface area contributed by atoms with Crippen molar-refractivity contribution in [1.29, 1.82) is 0 Å². The van der Waals surface area contributed by atoms with Crippen LogP contribution in [-0.4, -0.2) is 26.6 Å². The molecule has 0 radical (unpaired) electrons. The zero-order valence-corrected chi connectivity index (χ0v) is 17.4. The number of benzene rings is 2. The van der Waals surface area contributed by atoms with Gasteiger partial charge >= 0.3 is 0 Å². The van der Waals surface area contributed by atoms with Gasteiger partial charge in [-0.15, -0.1) is 0 Å². The van der Waals surface area contributed by atoms with Gasteiger partial charge in [-0.1, -0.05) is 43.3 Å². The van der Waals surface area contributed by atoms with Crippen LogP contribution in [0.2, 0.25) is 0 Å². The van der Waals surface area contributed by atoms with Crippen molar-refractivity contribution in [3.63, 3.8) is 0 Å². The van der Waals surface area contributed by atoms with Crippen molar-refractivity contribution in [1.82, 2.24) is 5.32 Å². The van der Waals surface area contributed by atoms with Crippen LogP contribution in [0.1, 0.15) is 43.0 Å². The molecule has 6 heteroatoms. The molecule has 0 bridgehead atoms. The Morgan fingerprint density at radius 3 is 2.22 bits per heavy atom. The van der Waals surface area contributed by atoms with Crippen LogP contribution in [0.3, 0.4) is 0 Å². The van der Waals surface area contributed by atoms with Crippen molar-refractivity contribution in [3.8, 4) is 0 Å². The van der Waals surface area contributed by atoms with Crippen molar-refractivity contribution in [2.45, 2.75) is 46.2 Å². The molecule has 1 N–H and O–H groups in total. The van der Waals surface area contributed by atoms with E-state index in [-0.39, 0.29) is 11.9 Å². The number of amides is 1. The Morgan fingerprint density at radius 1 is 1.07 bits per heavy atom. The molecule has 146 valence electrons. The highest BCUT2D eigenvalue weighted by molar-refractivity contribution is 7.92. The highest BCUT2D eigenvalue weighted by atomic mass is 32.2. The maximum Gasteiger partial charge on any atom is 0.244 e. The number of nitrogens with zero attached hydrogens (tertiary/aromatic N) is 1. The first kappa shape index (κ1) is 21.0. The summed E-state index contributed by atoms with van der Waals surface area (Å²) >= 11 is 0. The Hall–Kier alpha value is -2.34. The van der Waals surface area contributed by atoms with Gasteiger partial charge in [0.15, 0.2) is 0 Å². The van der Waals surface area contributed by atoms with Crippen LogP contribution in [0, 0.1) is 13.8 Å². The molecule has 0 aliphatic carbocycles. The minimum atomic E-state index is -3.61. The van der Waals surface area contributed by atoms with Gasteiger partial charge in [-0.05, 0) is 56.0 Å². The highest BCUT2D eigenvalue weighted by Gasteiger charge is 2.30. The van der Waals surface area contributed by atoms with Gasteiger partial charge < -0.3 is 5.32 Å². The number of nitrogens with one attached hydrogen (secondary N) is 1. The van der Waals surface area contributed by atoms with Gasteiger partial charge in [0.2, 0.25) is 15.9 Å². The first-order valence-electron chi connectivity index (χ1n) is 9.07. The van der Waals surface area contributed by atoms with Crippen LogP contribution in [0.25, 0.3) is 0 Å². The Morgan fingerprint density at radius 2 is 1.70 bits per heavy atom. The summed E-state index contributed by atoms with van der Waals surface area (Å²) in [4.78, 5) is 12.9. The minimum absolute atomic E-state index is 0.170. The summed E-state index contributed by atoms with van der Waals surface area (Å²) in [6, 6.07) is 13.8. The fourth-order valence-electron chi connectivity index (χ4n) is 3.08. The molecule has 0 aromatic heterocycles. The molecule has 0 unspecified atom stereocenters. The fraction of sp³-hybridized carbons (Fsp3) is 0.381. The lowest BCUT2D eigenvalue weighted by Gasteiger charge is -2.30. The highest BCUT2D eigenvalue weighted by Crippen LogP contribution is 2.23. The fourth-order valence-corrected chi connectivity index (χ4v) is 4.25. The second-order valence-corrected chi connectivity index (χ2v) is 8.74. The predicted molar refractivity (Wildman–Crippen MR) is 110 cm³/mol. The quantitative estimate of drug-likeness (QED) is 0.786. The number of para-hydroxylation sites is 1. The van der Waals surface area contributed by atoms with E-state index in [1.165, 1.54) is 5.56 Å². The Balaban J connectivity index is 2.27. The molecule has 0 aliphatic rings. The third kappa shape index (κ3) is 5.10. The van der Waals surface area contributed by atoms with E-state index in [1.807, 2.05) is 39.0 Å². The van der Waals surface area contributed by atoms with Gasteiger partial charge in [0.1, 0.15) is 6.04 Å². The number of carbonyl (C=O) groups is 1. The monoisotopic (exact) mass is 388 g/mol. The molecule has 27 heavy (non-hydrogen) atoms. The molecule has 0 fully saturated rings. The molecule has 0 heterocycles. The molecule has 0 saturated carbocycles. The lowest BCUT2D eigenvalue weighted by Crippen LogP contribution is -2.48. The maximum atomic E-state index is 12.9. The number of hydrogen-bond donors (Lipinski definition) is 1. The van der Waals surface area contributed by atoms with E-state index in [0.717, 1.165) is 21.7 Å². The van der Waals surface area contributed by atoms with Gasteiger partial charge in [0, 0.05) is 0 Å². The summed E-state index contributed by atoms with van der Waals surface area (Å²) in [7, 11) is -3.61. The Bertz CT molecular complexity index is 895. The average molecular weight is 389 g/mol. The van der Waals surface area contributed by atoms with Crippen molar-refractivity contribution in [2.24, 2.45) is 0 Å². The van der Waals surface area contributed by atoms with Crippen molar-refractivity contribution >= 4 is 21.6 Å². The summed E-state index contributed by atoms with van der Waals surface area (Å²) in [5, 5.41) is 3.01. The van der Waals surface area contributed by atoms with E-state index in [9.17, 15) is 13.2 Å². The molecule has 2 aromatic rings. The predicted octanol–water partition coefficient (Wildman–Crippen LogP) is 3.73. The molecule has 5 nitrogen and oxygen atoms in total. The van der Waals surface area contributed by atoms with Gasteiger partial charge in [-0.25, -0.2) is 8.42 Å². The largest absolute Gasteiger partial charge is 0.347 e. The zero-order chi connectivity index (χ0) is 20.2. The van der Waals surface area contributed by atoms with E-state index < -0.39 is 16.1 Å². The molecular formula is C21H28N2O3S. The van der Waals surface area contributed by atoms with Crippen LogP contribution in [0.5, 0.6) is 0 Å². The van der Waals surface area contributed by atoms with Crippen LogP contribution in [-0.2, 0) is 14.8 Å². The summed E-state index contributed by atoms with van der Waals surface area (Å²) in [5.74, 6) is -0.325. The van der Waals surface area contributed by atoms with Gasteiger partial charge in [-0.3, -0.25) is 9.10 Å². The van der Waals surface area contributed by atoms with Crippen molar-refractivity contribution < 1.29 is 13.2 Å². The van der Waals surface area contributed by atoms with Crippen LogP contribution >= 0.6 is 0 Å². The van der Waals surface area contributed by atoms with Crippen LogP contribution < -0.4 is 9.62 Å². The third-order valence-corrected chi connectivity index (χ3v) is 6.00. The van der Waals surface area contributed by atoms with E-state index in [0.29, 0.717) is 12.1 Å². The number of carbonyl (C=O) groups excluding carboxylic acids is 1. The molecule has 0 saturated heterocycles. The van der Waals surface area contributed by atoms with Gasteiger partial charge in [0.25, 0.3) is 0 Å². The zero-order valence-electron chi connectivity index (χ0n) is 16.6. The average Bonchev–Trinajstić information content (AvgIpc) is 2.61. The first-order chi connectivity index (χ1) is 12.6. The van der Waals surface area contributed by atoms with Crippen molar-refractivity contribution in [2.75, 3.05) is 10.6 Å². The van der Waals surface area contributed by atoms with E-state index >= 15 is 0 Å². The van der Waals surface area contributed by atoms with Gasteiger partial charge in [-0.2, -0.15) is 0 Å². The third-order valence-electron chi connectivity index (χ3n) is 4.76. The SMILES string of the molecule is CC[C@@H](NC(=O)[C@@H](C)N(c1ccccc1)S(C)(=O)=O)c1ccc(C)c(C)c1. The molecule has 0 aliphatic heterocycles. The van der Waals surface area contributed by atoms with Crippen LogP contribution in [0.4, 0.5) is 5.69 Å². The number of anilines is 1. The molecule has 2 atom stereocenters. The Kier molecular flexibility index (Phi) is 6.65. The summed E-state index contributed by atoms with van der Waals surface area (Å²) in [6.07, 6.45) is 1.83. The van der Waals surface area contributed by atoms with Crippen LogP contribution in [0.15, 0.2) is 48.5 Å². The second-order valence-electron chi connectivity index (χ2n) is 6.88. The summed E-state index contributed by atoms with van der Waals surface area (Å²) in [5.41, 5.74) is 3.85. The number of rotatable bonds is 7. The normalized spacial score (nSPS) is 13.7. The second kappa shape index (κ2) is 8.57. The topological polar surface area (TPSA) is 66.5 Å². The lowest BCUT2D eigenvalue weighted by atomic mass is 9.99. The smallest absolute Gasteiger partial charge is 0.244 e. The number of aryl methyl sites for hydroxylation is 2. The lowest BCUT2D eigenvalue weighted by molar-refractivity contribution is -0.122. The van der Waals surface area contributed by atoms with Crippen molar-refractivity contribution in [3.05, 3.63) is 65.2 Å². The van der Waals surface area contributed by atoms with E-state index in [1.54, 1.807) is 31.2 Å². The standard InChI is InChI=1S/C21H28N2O3S/c1-6-20(18-13-12-15(2)16(3)14-18)22-21(24)17(4)23(27(5,25)26)19-10-8-7-9-11-19/h7-14,17,20H,6H2,1-5H3,(H,22,24)/t17-,20-/m1/s1. The molecule has 1 amide bonds.